The molecule has 0 unspecified atom stereocenters. The van der Waals surface area contributed by atoms with Crippen LogP contribution in [-0.2, 0) is 19.2 Å². The minimum absolute atomic E-state index is 0.149. The summed E-state index contributed by atoms with van der Waals surface area (Å²) in [5, 5.41) is 9.07. The van der Waals surface area contributed by atoms with Crippen molar-refractivity contribution in [2.24, 2.45) is 5.41 Å². The Morgan fingerprint density at radius 3 is 1.19 bits per heavy atom. The molecule has 1 N–H and O–H groups in total. The number of carbonyl (C=O) groups excluding carboxylic acids is 3. The molecule has 0 saturated heterocycles. The van der Waals surface area contributed by atoms with Gasteiger partial charge in [-0.3, -0.25) is 19.2 Å². The van der Waals surface area contributed by atoms with E-state index < -0.39 is 28.7 Å². The second-order valence-corrected chi connectivity index (χ2v) is 3.39. The number of carboxylic acid groups (broad SMARTS) is 1. The van der Waals surface area contributed by atoms with Gasteiger partial charge in [0.15, 0.2) is 17.3 Å². The summed E-state index contributed by atoms with van der Waals surface area (Å²) in [6, 6.07) is 0. The van der Waals surface area contributed by atoms with Gasteiger partial charge < -0.3 is 5.11 Å². The molecule has 0 aromatic heterocycles. The smallest absolute Gasteiger partial charge is 0.332 e. The van der Waals surface area contributed by atoms with Crippen LogP contribution in [0.4, 0.5) is 0 Å². The van der Waals surface area contributed by atoms with Gasteiger partial charge in [0.1, 0.15) is 0 Å². The Kier molecular flexibility index (Phi) is 5.01. The molecule has 0 aliphatic heterocycles. The molecule has 0 aromatic carbocycles. The Bertz CT molecular complexity index is 288. The van der Waals surface area contributed by atoms with Crippen LogP contribution < -0.4 is 0 Å². The van der Waals surface area contributed by atoms with Crippen molar-refractivity contribution < 1.29 is 24.3 Å². The molecule has 90 valence electrons. The minimum atomic E-state index is -2.47. The normalized spacial score (nSPS) is 10.9. The average Bonchev–Trinajstić information content (AvgIpc) is 2.28. The van der Waals surface area contributed by atoms with Crippen LogP contribution in [0.2, 0.25) is 0 Å². The van der Waals surface area contributed by atoms with Crippen molar-refractivity contribution in [3.05, 3.63) is 0 Å². The van der Waals surface area contributed by atoms with Gasteiger partial charge in [-0.2, -0.15) is 0 Å². The molecule has 0 heterocycles. The van der Waals surface area contributed by atoms with Crippen LogP contribution in [0.3, 0.4) is 0 Å². The fourth-order valence-electron chi connectivity index (χ4n) is 1.62. The van der Waals surface area contributed by atoms with Crippen molar-refractivity contribution in [2.75, 3.05) is 0 Å². The maximum atomic E-state index is 11.7. The van der Waals surface area contributed by atoms with Crippen LogP contribution in [0.5, 0.6) is 0 Å². The topological polar surface area (TPSA) is 88.5 Å². The van der Waals surface area contributed by atoms with Gasteiger partial charge >= 0.3 is 5.97 Å². The van der Waals surface area contributed by atoms with Crippen LogP contribution in [0, 0.1) is 5.41 Å². The van der Waals surface area contributed by atoms with Gasteiger partial charge in [0, 0.05) is 19.3 Å². The van der Waals surface area contributed by atoms with Gasteiger partial charge in [-0.15, -0.1) is 0 Å². The maximum absolute atomic E-state index is 11.7. The molecule has 0 fully saturated rings. The van der Waals surface area contributed by atoms with Gasteiger partial charge in [0.2, 0.25) is 5.41 Å². The zero-order valence-corrected chi connectivity index (χ0v) is 9.70. The lowest BCUT2D eigenvalue weighted by atomic mass is 9.72. The lowest BCUT2D eigenvalue weighted by Gasteiger charge is -2.23. The fraction of sp³-hybridized carbons (Fsp3) is 0.636. The van der Waals surface area contributed by atoms with E-state index in [0.717, 1.165) is 0 Å². The second kappa shape index (κ2) is 5.53. The monoisotopic (exact) mass is 228 g/mol. The third-order valence-electron chi connectivity index (χ3n) is 2.54. The van der Waals surface area contributed by atoms with Gasteiger partial charge in [0.25, 0.3) is 0 Å². The molecule has 5 heteroatoms. The fourth-order valence-corrected chi connectivity index (χ4v) is 1.62. The Labute approximate surface area is 93.8 Å². The summed E-state index contributed by atoms with van der Waals surface area (Å²) in [5.41, 5.74) is -2.47. The zero-order chi connectivity index (χ0) is 12.9. The summed E-state index contributed by atoms with van der Waals surface area (Å²) in [5.74, 6) is -4.16. The number of Topliss-reactive ketones (excluding diaryl/α,β-unsaturated/α-hetero) is 3. The number of carboxylic acids is 1. The summed E-state index contributed by atoms with van der Waals surface area (Å²) >= 11 is 0. The first-order valence-electron chi connectivity index (χ1n) is 5.22. The van der Waals surface area contributed by atoms with Crippen molar-refractivity contribution in [1.82, 2.24) is 0 Å². The molecule has 0 atom stereocenters. The molecule has 0 spiro atoms. The van der Waals surface area contributed by atoms with Crippen molar-refractivity contribution in [3.8, 4) is 0 Å². The summed E-state index contributed by atoms with van der Waals surface area (Å²) < 4.78 is 0. The number of aliphatic carboxylic acids is 1. The first kappa shape index (κ1) is 14.5. The van der Waals surface area contributed by atoms with Crippen LogP contribution in [0.15, 0.2) is 0 Å². The first-order valence-corrected chi connectivity index (χ1v) is 5.22. The van der Waals surface area contributed by atoms with Gasteiger partial charge in [-0.25, -0.2) is 0 Å². The number of ketones is 3. The molecule has 0 aliphatic carbocycles. The van der Waals surface area contributed by atoms with Crippen LogP contribution in [-0.4, -0.2) is 28.4 Å². The van der Waals surface area contributed by atoms with Crippen LogP contribution >= 0.6 is 0 Å². The molecule has 0 saturated carbocycles. The number of hydrogen-bond acceptors (Lipinski definition) is 4. The third-order valence-corrected chi connectivity index (χ3v) is 2.54. The maximum Gasteiger partial charge on any atom is 0.332 e. The highest BCUT2D eigenvalue weighted by Crippen LogP contribution is 2.27. The van der Waals surface area contributed by atoms with E-state index in [-0.39, 0.29) is 19.3 Å². The quantitative estimate of drug-likeness (QED) is 0.656. The second-order valence-electron chi connectivity index (χ2n) is 3.39. The summed E-state index contributed by atoms with van der Waals surface area (Å²) in [7, 11) is 0. The highest BCUT2D eigenvalue weighted by atomic mass is 16.4. The molecule has 0 amide bonds. The first-order chi connectivity index (χ1) is 7.39. The zero-order valence-electron chi connectivity index (χ0n) is 9.70. The van der Waals surface area contributed by atoms with E-state index in [1.54, 1.807) is 0 Å². The lowest BCUT2D eigenvalue weighted by molar-refractivity contribution is -0.163. The van der Waals surface area contributed by atoms with Crippen LogP contribution in [0.25, 0.3) is 0 Å². The van der Waals surface area contributed by atoms with Crippen LogP contribution in [0.1, 0.15) is 40.0 Å². The summed E-state index contributed by atoms with van der Waals surface area (Å²) in [4.78, 5) is 46.1. The standard InChI is InChI=1S/C11H16O5/c1-4-7(12)11(10(15)16,8(13)5-2)9(14)6-3/h4-6H2,1-3H3,(H,15,16). The van der Waals surface area contributed by atoms with Crippen molar-refractivity contribution in [3.63, 3.8) is 0 Å². The van der Waals surface area contributed by atoms with E-state index in [1.807, 2.05) is 0 Å². The molecule has 16 heavy (non-hydrogen) atoms. The van der Waals surface area contributed by atoms with Gasteiger partial charge in [-0.1, -0.05) is 20.8 Å². The van der Waals surface area contributed by atoms with E-state index >= 15 is 0 Å². The molecule has 0 bridgehead atoms. The van der Waals surface area contributed by atoms with Crippen molar-refractivity contribution >= 4 is 23.3 Å². The summed E-state index contributed by atoms with van der Waals surface area (Å²) in [6.07, 6.45) is -0.447. The van der Waals surface area contributed by atoms with E-state index in [1.165, 1.54) is 20.8 Å². The van der Waals surface area contributed by atoms with Crippen molar-refractivity contribution in [1.29, 1.82) is 0 Å². The van der Waals surface area contributed by atoms with Gasteiger partial charge in [0.05, 0.1) is 0 Å². The molecular formula is C11H16O5. The molecule has 0 aliphatic rings. The Morgan fingerprint density at radius 1 is 0.812 bits per heavy atom. The molecule has 5 nitrogen and oxygen atoms in total. The number of carbonyl (C=O) groups is 4. The summed E-state index contributed by atoms with van der Waals surface area (Å²) in [6.45, 7) is 4.31. The highest BCUT2D eigenvalue weighted by molar-refractivity contribution is 6.36. The Balaban J connectivity index is 5.78. The minimum Gasteiger partial charge on any atom is -0.480 e. The lowest BCUT2D eigenvalue weighted by Crippen LogP contribution is -2.52. The number of hydrogen-bond donors (Lipinski definition) is 1. The molecule has 0 aromatic rings. The predicted molar refractivity (Wildman–Crippen MR) is 56.0 cm³/mol. The molecule has 0 rings (SSSR count). The highest BCUT2D eigenvalue weighted by Gasteiger charge is 2.55. The van der Waals surface area contributed by atoms with Crippen molar-refractivity contribution in [2.45, 2.75) is 40.0 Å². The molecular weight excluding hydrogens is 212 g/mol. The third kappa shape index (κ3) is 2.03. The predicted octanol–water partition coefficient (Wildman–Crippen LogP) is 0.995. The molecule has 0 radical (unpaired) electrons. The number of rotatable bonds is 7. The van der Waals surface area contributed by atoms with E-state index in [9.17, 15) is 19.2 Å². The average molecular weight is 228 g/mol. The van der Waals surface area contributed by atoms with Gasteiger partial charge in [-0.05, 0) is 0 Å². The SMILES string of the molecule is CCC(=O)C(C(=O)O)(C(=O)CC)C(=O)CC. The van der Waals surface area contributed by atoms with E-state index in [0.29, 0.717) is 0 Å². The Hall–Kier alpha value is -1.52. The van der Waals surface area contributed by atoms with E-state index in [4.69, 9.17) is 5.11 Å². The van der Waals surface area contributed by atoms with E-state index in [2.05, 4.69) is 0 Å². The largest absolute Gasteiger partial charge is 0.480 e. The Morgan fingerprint density at radius 2 is 1.06 bits per heavy atom.